The van der Waals surface area contributed by atoms with Crippen LogP contribution >= 0.6 is 11.3 Å². The maximum absolute atomic E-state index is 13.3. The first-order valence-corrected chi connectivity index (χ1v) is 9.38. The lowest BCUT2D eigenvalue weighted by Gasteiger charge is -2.29. The van der Waals surface area contributed by atoms with Crippen LogP contribution in [-0.4, -0.2) is 21.8 Å². The minimum absolute atomic E-state index is 0.0631. The summed E-state index contributed by atoms with van der Waals surface area (Å²) in [6.45, 7) is 0.160. The van der Waals surface area contributed by atoms with Crippen LogP contribution in [0.15, 0.2) is 29.6 Å². The highest BCUT2D eigenvalue weighted by Gasteiger charge is 2.35. The van der Waals surface area contributed by atoms with Gasteiger partial charge in [0, 0.05) is 24.5 Å². The van der Waals surface area contributed by atoms with Crippen LogP contribution in [0.2, 0.25) is 0 Å². The van der Waals surface area contributed by atoms with Crippen molar-refractivity contribution in [2.75, 3.05) is 0 Å². The maximum Gasteiger partial charge on any atom is 0.416 e. The van der Waals surface area contributed by atoms with E-state index in [-0.39, 0.29) is 36.3 Å². The Balaban J connectivity index is 1.91. The molecular weight excluding hydrogens is 363 g/mol. The molecule has 4 nitrogen and oxygen atoms in total. The number of halogens is 3. The van der Waals surface area contributed by atoms with Gasteiger partial charge in [0.25, 0.3) is 5.91 Å². The monoisotopic (exact) mass is 383 g/mol. The molecule has 1 aliphatic rings. The van der Waals surface area contributed by atoms with Crippen molar-refractivity contribution in [2.24, 2.45) is 5.73 Å². The molecule has 1 aromatic heterocycles. The second-order valence-electron chi connectivity index (χ2n) is 6.36. The van der Waals surface area contributed by atoms with Gasteiger partial charge < -0.3 is 10.6 Å². The number of nitrogens with two attached hydrogens (primary N) is 1. The van der Waals surface area contributed by atoms with E-state index in [0.717, 1.165) is 31.7 Å². The molecule has 26 heavy (non-hydrogen) atoms. The van der Waals surface area contributed by atoms with Crippen molar-refractivity contribution in [3.63, 3.8) is 0 Å². The number of hydrogen-bond acceptors (Lipinski definition) is 4. The normalized spacial score (nSPS) is 15.4. The third-order valence-electron chi connectivity index (χ3n) is 4.64. The maximum atomic E-state index is 13.3. The van der Waals surface area contributed by atoms with E-state index in [2.05, 4.69) is 4.98 Å². The van der Waals surface area contributed by atoms with Gasteiger partial charge in [0.15, 0.2) is 0 Å². The molecule has 1 aromatic carbocycles. The zero-order valence-corrected chi connectivity index (χ0v) is 14.9. The molecule has 3 rings (SSSR count). The Kier molecular flexibility index (Phi) is 5.62. The third kappa shape index (κ3) is 4.07. The van der Waals surface area contributed by atoms with E-state index >= 15 is 0 Å². The molecular formula is C18H20F3N3OS. The quantitative estimate of drug-likeness (QED) is 0.842. The molecule has 8 heteroatoms. The Bertz CT molecular complexity index is 769. The third-order valence-corrected chi connectivity index (χ3v) is 5.51. The Morgan fingerprint density at radius 1 is 1.27 bits per heavy atom. The Hall–Kier alpha value is -1.93. The van der Waals surface area contributed by atoms with Crippen LogP contribution in [0.25, 0.3) is 0 Å². The Morgan fingerprint density at radius 2 is 1.96 bits per heavy atom. The van der Waals surface area contributed by atoms with Crippen molar-refractivity contribution in [1.29, 1.82) is 0 Å². The number of amides is 1. The van der Waals surface area contributed by atoms with Crippen LogP contribution in [-0.2, 0) is 19.3 Å². The number of thiazole rings is 1. The van der Waals surface area contributed by atoms with E-state index in [1.165, 1.54) is 23.5 Å². The Morgan fingerprint density at radius 3 is 2.58 bits per heavy atom. The van der Waals surface area contributed by atoms with Gasteiger partial charge >= 0.3 is 6.18 Å². The van der Waals surface area contributed by atoms with Crippen LogP contribution in [0.4, 0.5) is 13.2 Å². The van der Waals surface area contributed by atoms with Crippen LogP contribution in [0.3, 0.4) is 0 Å². The van der Waals surface area contributed by atoms with Gasteiger partial charge in [0.2, 0.25) is 0 Å². The molecule has 1 amide bonds. The minimum atomic E-state index is -4.45. The van der Waals surface area contributed by atoms with E-state index in [0.29, 0.717) is 5.01 Å². The number of carbonyl (C=O) groups is 1. The van der Waals surface area contributed by atoms with Crippen LogP contribution < -0.4 is 5.73 Å². The average Bonchev–Trinajstić information content (AvgIpc) is 3.30. The highest BCUT2D eigenvalue weighted by atomic mass is 32.1. The average molecular weight is 383 g/mol. The first-order valence-electron chi connectivity index (χ1n) is 8.50. The number of alkyl halides is 3. The molecule has 0 saturated heterocycles. The first kappa shape index (κ1) is 18.8. The van der Waals surface area contributed by atoms with Crippen LogP contribution in [0.5, 0.6) is 0 Å². The minimum Gasteiger partial charge on any atom is -0.330 e. The van der Waals surface area contributed by atoms with Gasteiger partial charge in [-0.15, -0.1) is 11.3 Å². The molecule has 140 valence electrons. The smallest absolute Gasteiger partial charge is 0.330 e. The molecule has 1 aliphatic carbocycles. The van der Waals surface area contributed by atoms with Gasteiger partial charge in [-0.25, -0.2) is 4.98 Å². The van der Waals surface area contributed by atoms with Gasteiger partial charge in [-0.2, -0.15) is 13.2 Å². The molecule has 0 aliphatic heterocycles. The van der Waals surface area contributed by atoms with E-state index in [9.17, 15) is 18.0 Å². The molecule has 0 spiro atoms. The lowest BCUT2D eigenvalue weighted by molar-refractivity contribution is -0.138. The molecule has 1 saturated carbocycles. The van der Waals surface area contributed by atoms with Gasteiger partial charge in [-0.3, -0.25) is 4.79 Å². The first-order chi connectivity index (χ1) is 12.4. The van der Waals surface area contributed by atoms with Crippen molar-refractivity contribution >= 4 is 17.2 Å². The van der Waals surface area contributed by atoms with Crippen molar-refractivity contribution in [2.45, 2.75) is 51.0 Å². The lowest BCUT2D eigenvalue weighted by atomic mass is 10.0. The van der Waals surface area contributed by atoms with E-state index in [1.807, 2.05) is 0 Å². The second-order valence-corrected chi connectivity index (χ2v) is 7.30. The van der Waals surface area contributed by atoms with Gasteiger partial charge in [-0.1, -0.05) is 31.0 Å². The highest BCUT2D eigenvalue weighted by Crippen LogP contribution is 2.34. The summed E-state index contributed by atoms with van der Waals surface area (Å²) in [6.07, 6.45) is -0.906. The van der Waals surface area contributed by atoms with Gasteiger partial charge in [-0.05, 0) is 24.5 Å². The zero-order valence-electron chi connectivity index (χ0n) is 14.1. The molecule has 0 bridgehead atoms. The van der Waals surface area contributed by atoms with Crippen LogP contribution in [0.1, 0.15) is 52.3 Å². The summed E-state index contributed by atoms with van der Waals surface area (Å²) in [7, 11) is 0. The van der Waals surface area contributed by atoms with Gasteiger partial charge in [0.05, 0.1) is 5.56 Å². The summed E-state index contributed by atoms with van der Waals surface area (Å²) in [6, 6.07) is 5.36. The summed E-state index contributed by atoms with van der Waals surface area (Å²) in [5, 5.41) is 2.26. The largest absolute Gasteiger partial charge is 0.416 e. The van der Waals surface area contributed by atoms with Crippen molar-refractivity contribution in [3.8, 4) is 0 Å². The summed E-state index contributed by atoms with van der Waals surface area (Å²) < 4.78 is 40.0. The summed E-state index contributed by atoms with van der Waals surface area (Å²) in [5.74, 6) is -0.329. The summed E-state index contributed by atoms with van der Waals surface area (Å²) >= 11 is 1.29. The second kappa shape index (κ2) is 7.75. The molecule has 1 fully saturated rings. The summed E-state index contributed by atoms with van der Waals surface area (Å²) in [5.41, 5.74) is 5.22. The fraction of sp³-hybridized carbons (Fsp3) is 0.444. The number of rotatable bonds is 5. The fourth-order valence-electron chi connectivity index (χ4n) is 3.35. The number of aromatic nitrogens is 1. The molecule has 0 unspecified atom stereocenters. The molecule has 0 radical (unpaired) electrons. The van der Waals surface area contributed by atoms with Crippen molar-refractivity contribution in [3.05, 3.63) is 51.5 Å². The highest BCUT2D eigenvalue weighted by molar-refractivity contribution is 7.09. The van der Waals surface area contributed by atoms with E-state index in [1.54, 1.807) is 16.3 Å². The molecule has 2 N–H and O–H groups in total. The van der Waals surface area contributed by atoms with Crippen molar-refractivity contribution < 1.29 is 18.0 Å². The zero-order chi connectivity index (χ0) is 18.7. The number of carbonyl (C=O) groups excluding carboxylic acids is 1. The fourth-order valence-corrected chi connectivity index (χ4v) is 4.00. The predicted octanol–water partition coefficient (Wildman–Crippen LogP) is 4.21. The summed E-state index contributed by atoms with van der Waals surface area (Å²) in [4.78, 5) is 18.7. The van der Waals surface area contributed by atoms with Gasteiger partial charge in [0.1, 0.15) is 10.7 Å². The standard InChI is InChI=1S/C18H20F3N3OS/c19-18(20,21)14-8-4-1-5-12(14)10-24(13-6-2-3-7-13)17(25)15-11-26-16(9-22)23-15/h1,4-5,8,11,13H,2-3,6-7,9-10,22H2. The topological polar surface area (TPSA) is 59.2 Å². The molecule has 0 atom stereocenters. The predicted molar refractivity (Wildman–Crippen MR) is 93.6 cm³/mol. The number of benzene rings is 1. The number of nitrogens with zero attached hydrogens (tertiary/aromatic N) is 2. The van der Waals surface area contributed by atoms with Crippen LogP contribution in [0, 0.1) is 0 Å². The molecule has 1 heterocycles. The molecule has 2 aromatic rings. The SMILES string of the molecule is NCc1nc(C(=O)N(Cc2ccccc2C(F)(F)F)C2CCCC2)cs1. The van der Waals surface area contributed by atoms with Crippen molar-refractivity contribution in [1.82, 2.24) is 9.88 Å². The Labute approximate surface area is 153 Å². The van der Waals surface area contributed by atoms with E-state index < -0.39 is 11.7 Å². The van der Waals surface area contributed by atoms with E-state index in [4.69, 9.17) is 5.73 Å². The lowest BCUT2D eigenvalue weighted by Crippen LogP contribution is -2.39. The number of hydrogen-bond donors (Lipinski definition) is 1.